The van der Waals surface area contributed by atoms with Crippen molar-refractivity contribution in [3.63, 3.8) is 0 Å². The first-order valence-corrected chi connectivity index (χ1v) is 6.77. The van der Waals surface area contributed by atoms with Gasteiger partial charge in [0.1, 0.15) is 0 Å². The summed E-state index contributed by atoms with van der Waals surface area (Å²) in [5.74, 6) is -0.462. The van der Waals surface area contributed by atoms with Crippen LogP contribution in [0.15, 0.2) is 18.2 Å². The van der Waals surface area contributed by atoms with E-state index in [1.54, 1.807) is 18.2 Å². The number of carbonyl (C=O) groups is 2. The van der Waals surface area contributed by atoms with Gasteiger partial charge in [-0.15, -0.1) is 0 Å². The van der Waals surface area contributed by atoms with Crippen molar-refractivity contribution in [2.75, 3.05) is 19.0 Å². The van der Waals surface area contributed by atoms with Gasteiger partial charge in [-0.2, -0.15) is 0 Å². The van der Waals surface area contributed by atoms with E-state index in [-0.39, 0.29) is 5.91 Å². The van der Waals surface area contributed by atoms with Crippen LogP contribution >= 0.6 is 0 Å². The van der Waals surface area contributed by atoms with Gasteiger partial charge in [-0.05, 0) is 44.0 Å². The number of methoxy groups -OCH3 is 1. The molecule has 0 saturated carbocycles. The van der Waals surface area contributed by atoms with Gasteiger partial charge in [-0.25, -0.2) is 4.79 Å². The summed E-state index contributed by atoms with van der Waals surface area (Å²) < 4.78 is 4.66. The molecule has 0 aliphatic carbocycles. The largest absolute Gasteiger partial charge is 0.465 e. The highest BCUT2D eigenvalue weighted by Gasteiger charge is 2.10. The van der Waals surface area contributed by atoms with E-state index in [4.69, 9.17) is 5.73 Å². The number of aryl methyl sites for hydroxylation is 1. The quantitative estimate of drug-likeness (QED) is 0.592. The Bertz CT molecular complexity index is 472. The highest BCUT2D eigenvalue weighted by Crippen LogP contribution is 2.18. The van der Waals surface area contributed by atoms with Crippen molar-refractivity contribution in [1.82, 2.24) is 0 Å². The lowest BCUT2D eigenvalue weighted by Gasteiger charge is -2.10. The first-order chi connectivity index (χ1) is 9.58. The molecule has 0 unspecified atom stereocenters. The zero-order chi connectivity index (χ0) is 15.0. The van der Waals surface area contributed by atoms with Gasteiger partial charge in [0.2, 0.25) is 5.91 Å². The third kappa shape index (κ3) is 5.01. The highest BCUT2D eigenvalue weighted by molar-refractivity contribution is 5.95. The summed E-state index contributed by atoms with van der Waals surface area (Å²) in [5.41, 5.74) is 7.39. The molecule has 0 radical (unpaired) electrons. The van der Waals surface area contributed by atoms with Crippen LogP contribution in [0, 0.1) is 6.92 Å². The predicted octanol–water partition coefficient (Wildman–Crippen LogP) is 2.24. The molecule has 0 fully saturated rings. The molecule has 20 heavy (non-hydrogen) atoms. The topological polar surface area (TPSA) is 81.4 Å². The number of benzene rings is 1. The smallest absolute Gasteiger partial charge is 0.337 e. The lowest BCUT2D eigenvalue weighted by atomic mass is 10.1. The predicted molar refractivity (Wildman–Crippen MR) is 78.7 cm³/mol. The van der Waals surface area contributed by atoms with Crippen molar-refractivity contribution in [3.05, 3.63) is 29.3 Å². The van der Waals surface area contributed by atoms with Crippen molar-refractivity contribution in [2.24, 2.45) is 5.73 Å². The van der Waals surface area contributed by atoms with E-state index in [1.165, 1.54) is 7.11 Å². The summed E-state index contributed by atoms with van der Waals surface area (Å²) in [6, 6.07) is 5.10. The van der Waals surface area contributed by atoms with Crippen molar-refractivity contribution >= 4 is 17.6 Å². The van der Waals surface area contributed by atoms with Gasteiger partial charge >= 0.3 is 5.97 Å². The second-order valence-electron chi connectivity index (χ2n) is 4.67. The molecule has 1 amide bonds. The fourth-order valence-electron chi connectivity index (χ4n) is 1.82. The summed E-state index contributed by atoms with van der Waals surface area (Å²) in [6.07, 6.45) is 3.16. The number of unbranched alkanes of at least 4 members (excludes halogenated alkanes) is 2. The first kappa shape index (κ1) is 16.2. The minimum absolute atomic E-state index is 0.0489. The van der Waals surface area contributed by atoms with Gasteiger partial charge in [0.05, 0.1) is 12.7 Å². The second kappa shape index (κ2) is 8.32. The number of nitrogens with two attached hydrogens (primary N) is 1. The van der Waals surface area contributed by atoms with Crippen molar-refractivity contribution in [3.8, 4) is 0 Å². The van der Waals surface area contributed by atoms with Gasteiger partial charge in [0, 0.05) is 12.1 Å². The van der Waals surface area contributed by atoms with Crippen molar-refractivity contribution < 1.29 is 14.3 Å². The number of ether oxygens (including phenoxy) is 1. The van der Waals surface area contributed by atoms with Gasteiger partial charge in [0.15, 0.2) is 0 Å². The zero-order valence-electron chi connectivity index (χ0n) is 12.1. The lowest BCUT2D eigenvalue weighted by Crippen LogP contribution is -2.13. The minimum Gasteiger partial charge on any atom is -0.465 e. The highest BCUT2D eigenvalue weighted by atomic mass is 16.5. The molecule has 0 aliphatic rings. The van der Waals surface area contributed by atoms with Crippen molar-refractivity contribution in [2.45, 2.75) is 32.6 Å². The number of hydrogen-bond acceptors (Lipinski definition) is 4. The van der Waals surface area contributed by atoms with Gasteiger partial charge in [-0.3, -0.25) is 4.79 Å². The molecule has 3 N–H and O–H groups in total. The van der Waals surface area contributed by atoms with Crippen LogP contribution in [0.3, 0.4) is 0 Å². The average Bonchev–Trinajstić information content (AvgIpc) is 2.45. The van der Waals surface area contributed by atoms with E-state index in [1.807, 2.05) is 6.92 Å². The Labute approximate surface area is 119 Å². The summed E-state index contributed by atoms with van der Waals surface area (Å²) in [6.45, 7) is 2.53. The minimum atomic E-state index is -0.413. The lowest BCUT2D eigenvalue weighted by molar-refractivity contribution is -0.116. The Balaban J connectivity index is 2.62. The van der Waals surface area contributed by atoms with Crippen LogP contribution in [0.25, 0.3) is 0 Å². The van der Waals surface area contributed by atoms with Gasteiger partial charge < -0.3 is 15.8 Å². The SMILES string of the molecule is COC(=O)c1ccc(C)c(NC(=O)CCCCCN)c1. The molecule has 0 aliphatic heterocycles. The number of nitrogens with one attached hydrogen (secondary N) is 1. The first-order valence-electron chi connectivity index (χ1n) is 6.77. The number of hydrogen-bond donors (Lipinski definition) is 2. The van der Waals surface area contributed by atoms with Crippen LogP contribution in [0.4, 0.5) is 5.69 Å². The maximum atomic E-state index is 11.8. The molecule has 0 spiro atoms. The summed E-state index contributed by atoms with van der Waals surface area (Å²) in [5, 5.41) is 2.83. The molecule has 110 valence electrons. The third-order valence-electron chi connectivity index (χ3n) is 3.04. The number of rotatable bonds is 7. The van der Waals surface area contributed by atoms with Crippen LogP contribution in [0.5, 0.6) is 0 Å². The van der Waals surface area contributed by atoms with E-state index in [2.05, 4.69) is 10.1 Å². The molecular weight excluding hydrogens is 256 g/mol. The molecule has 0 bridgehead atoms. The van der Waals surface area contributed by atoms with Gasteiger partial charge in [-0.1, -0.05) is 12.5 Å². The standard InChI is InChI=1S/C15H22N2O3/c1-11-7-8-12(15(19)20-2)10-13(11)17-14(18)6-4-3-5-9-16/h7-8,10H,3-6,9,16H2,1-2H3,(H,17,18). The van der Waals surface area contributed by atoms with Crippen LogP contribution in [0.2, 0.25) is 0 Å². The summed E-state index contributed by atoms with van der Waals surface area (Å²) in [7, 11) is 1.33. The normalized spacial score (nSPS) is 10.2. The second-order valence-corrected chi connectivity index (χ2v) is 4.67. The molecule has 1 aromatic carbocycles. The Morgan fingerprint density at radius 3 is 2.65 bits per heavy atom. The Morgan fingerprint density at radius 2 is 2.00 bits per heavy atom. The summed E-state index contributed by atoms with van der Waals surface area (Å²) >= 11 is 0. The van der Waals surface area contributed by atoms with E-state index in [0.717, 1.165) is 24.8 Å². The van der Waals surface area contributed by atoms with Crippen LogP contribution in [-0.2, 0) is 9.53 Å². The average molecular weight is 278 g/mol. The number of amides is 1. The van der Waals surface area contributed by atoms with Crippen molar-refractivity contribution in [1.29, 1.82) is 0 Å². The number of carbonyl (C=O) groups excluding carboxylic acids is 2. The molecule has 0 heterocycles. The Morgan fingerprint density at radius 1 is 1.25 bits per heavy atom. The maximum Gasteiger partial charge on any atom is 0.337 e. The maximum absolute atomic E-state index is 11.8. The summed E-state index contributed by atoms with van der Waals surface area (Å²) in [4.78, 5) is 23.3. The molecule has 1 rings (SSSR count). The van der Waals surface area contributed by atoms with E-state index >= 15 is 0 Å². The molecule has 0 atom stereocenters. The van der Waals surface area contributed by atoms with E-state index < -0.39 is 5.97 Å². The van der Waals surface area contributed by atoms with E-state index in [0.29, 0.717) is 24.2 Å². The monoisotopic (exact) mass is 278 g/mol. The molecule has 0 aromatic heterocycles. The number of anilines is 1. The van der Waals surface area contributed by atoms with Gasteiger partial charge in [0.25, 0.3) is 0 Å². The molecular formula is C15H22N2O3. The van der Waals surface area contributed by atoms with Crippen LogP contribution in [0.1, 0.15) is 41.6 Å². The fourth-order valence-corrected chi connectivity index (χ4v) is 1.82. The number of esters is 1. The van der Waals surface area contributed by atoms with Crippen LogP contribution < -0.4 is 11.1 Å². The molecule has 5 nitrogen and oxygen atoms in total. The molecule has 1 aromatic rings. The third-order valence-corrected chi connectivity index (χ3v) is 3.04. The fraction of sp³-hybridized carbons (Fsp3) is 0.467. The van der Waals surface area contributed by atoms with Crippen LogP contribution in [-0.4, -0.2) is 25.5 Å². The molecule has 0 saturated heterocycles. The van der Waals surface area contributed by atoms with E-state index in [9.17, 15) is 9.59 Å². The zero-order valence-corrected chi connectivity index (χ0v) is 12.1. The molecule has 5 heteroatoms. The Kier molecular flexibility index (Phi) is 6.73. The Hall–Kier alpha value is -1.88.